The van der Waals surface area contributed by atoms with Gasteiger partial charge in [-0.3, -0.25) is 9.11 Å². The second kappa shape index (κ2) is 4.17. The molecule has 0 spiro atoms. The normalized spacial score (nSPS) is 12.7. The molecule has 2 aromatic carbocycles. The monoisotopic (exact) mass is 303 g/mol. The van der Waals surface area contributed by atoms with Gasteiger partial charge in [0, 0.05) is 10.8 Å². The van der Waals surface area contributed by atoms with Gasteiger partial charge in [-0.05, 0) is 12.1 Å². The van der Waals surface area contributed by atoms with E-state index in [1.165, 1.54) is 18.2 Å². The molecular formula is C10H7O7S2. The van der Waals surface area contributed by atoms with E-state index in [-0.39, 0.29) is 10.8 Å². The smallest absolute Gasteiger partial charge is 0.298 e. The number of aromatic hydroxyl groups is 1. The van der Waals surface area contributed by atoms with E-state index in [9.17, 15) is 21.9 Å². The largest absolute Gasteiger partial charge is 0.506 e. The van der Waals surface area contributed by atoms with Gasteiger partial charge in [0.25, 0.3) is 20.2 Å². The quantitative estimate of drug-likeness (QED) is 0.701. The SMILES string of the molecule is O=S(=O)(O)c1cc(S(=O)(=O)O)c2ccc[c]c2c1O. The summed E-state index contributed by atoms with van der Waals surface area (Å²) in [6.45, 7) is 0. The van der Waals surface area contributed by atoms with Crippen LogP contribution in [0.3, 0.4) is 0 Å². The van der Waals surface area contributed by atoms with Crippen molar-refractivity contribution in [1.29, 1.82) is 0 Å². The molecule has 2 aromatic rings. The van der Waals surface area contributed by atoms with Crippen molar-refractivity contribution in [1.82, 2.24) is 0 Å². The lowest BCUT2D eigenvalue weighted by Crippen LogP contribution is -2.05. The molecule has 0 aliphatic heterocycles. The van der Waals surface area contributed by atoms with Crippen LogP contribution >= 0.6 is 0 Å². The summed E-state index contributed by atoms with van der Waals surface area (Å²) in [5.41, 5.74) is 0. The van der Waals surface area contributed by atoms with E-state index in [0.717, 1.165) is 0 Å². The number of phenolic OH excluding ortho intramolecular Hbond substituents is 1. The first kappa shape index (κ1) is 13.7. The fourth-order valence-electron chi connectivity index (χ4n) is 1.64. The first-order chi connectivity index (χ1) is 8.62. The van der Waals surface area contributed by atoms with Crippen LogP contribution in [-0.2, 0) is 20.2 Å². The zero-order chi connectivity index (χ0) is 14.4. The molecular weight excluding hydrogens is 296 g/mol. The minimum Gasteiger partial charge on any atom is -0.506 e. The minimum atomic E-state index is -4.85. The summed E-state index contributed by atoms with van der Waals surface area (Å²) in [5.74, 6) is -0.842. The summed E-state index contributed by atoms with van der Waals surface area (Å²) in [7, 11) is -9.59. The van der Waals surface area contributed by atoms with E-state index < -0.39 is 35.8 Å². The zero-order valence-electron chi connectivity index (χ0n) is 9.10. The molecule has 0 aliphatic rings. The van der Waals surface area contributed by atoms with Gasteiger partial charge in [0.05, 0.1) is 0 Å². The van der Waals surface area contributed by atoms with Gasteiger partial charge in [0.2, 0.25) is 0 Å². The Morgan fingerprint density at radius 1 is 1.00 bits per heavy atom. The van der Waals surface area contributed by atoms with Crippen LogP contribution in [0.5, 0.6) is 5.75 Å². The van der Waals surface area contributed by atoms with Crippen LogP contribution in [0.4, 0.5) is 0 Å². The first-order valence-corrected chi connectivity index (χ1v) is 7.62. The molecule has 0 saturated heterocycles. The molecule has 1 radical (unpaired) electrons. The van der Waals surface area contributed by atoms with Gasteiger partial charge in [-0.15, -0.1) is 0 Å². The van der Waals surface area contributed by atoms with Crippen molar-refractivity contribution in [2.45, 2.75) is 9.79 Å². The Bertz CT molecular complexity index is 866. The maximum Gasteiger partial charge on any atom is 0.298 e. The van der Waals surface area contributed by atoms with Crippen molar-refractivity contribution in [3.05, 3.63) is 30.3 Å². The van der Waals surface area contributed by atoms with Crippen LogP contribution < -0.4 is 0 Å². The highest BCUT2D eigenvalue weighted by atomic mass is 32.2. The van der Waals surface area contributed by atoms with Crippen molar-refractivity contribution in [2.24, 2.45) is 0 Å². The molecule has 0 amide bonds. The van der Waals surface area contributed by atoms with Crippen molar-refractivity contribution >= 4 is 31.0 Å². The van der Waals surface area contributed by atoms with Crippen LogP contribution in [0.25, 0.3) is 10.8 Å². The number of hydrogen-bond donors (Lipinski definition) is 3. The molecule has 2 rings (SSSR count). The molecule has 101 valence electrons. The van der Waals surface area contributed by atoms with Crippen molar-refractivity contribution in [2.75, 3.05) is 0 Å². The average Bonchev–Trinajstić information content (AvgIpc) is 2.26. The molecule has 19 heavy (non-hydrogen) atoms. The van der Waals surface area contributed by atoms with Crippen LogP contribution in [0, 0.1) is 6.07 Å². The molecule has 3 N–H and O–H groups in total. The van der Waals surface area contributed by atoms with Gasteiger partial charge in [-0.2, -0.15) is 16.8 Å². The summed E-state index contributed by atoms with van der Waals surface area (Å²) in [6.07, 6.45) is 0. The highest BCUT2D eigenvalue weighted by Gasteiger charge is 2.24. The second-order valence-corrected chi connectivity index (χ2v) is 6.41. The fourth-order valence-corrected chi connectivity index (χ4v) is 3.04. The lowest BCUT2D eigenvalue weighted by molar-refractivity contribution is 0.447. The van der Waals surface area contributed by atoms with Gasteiger partial charge >= 0.3 is 0 Å². The Morgan fingerprint density at radius 2 is 1.58 bits per heavy atom. The number of hydrogen-bond acceptors (Lipinski definition) is 5. The molecule has 7 nitrogen and oxygen atoms in total. The van der Waals surface area contributed by atoms with Gasteiger partial charge in [-0.25, -0.2) is 0 Å². The lowest BCUT2D eigenvalue weighted by atomic mass is 10.1. The highest BCUT2D eigenvalue weighted by Crippen LogP contribution is 2.35. The Labute approximate surface area is 108 Å². The summed E-state index contributed by atoms with van der Waals surface area (Å²) in [4.78, 5) is -1.76. The molecule has 0 bridgehead atoms. The van der Waals surface area contributed by atoms with Crippen molar-refractivity contribution < 1.29 is 31.0 Å². The van der Waals surface area contributed by atoms with E-state index in [0.29, 0.717) is 6.07 Å². The van der Waals surface area contributed by atoms with Crippen molar-refractivity contribution in [3.63, 3.8) is 0 Å². The second-order valence-electron chi connectivity index (χ2n) is 3.63. The Morgan fingerprint density at radius 3 is 2.11 bits per heavy atom. The minimum absolute atomic E-state index is 0.116. The summed E-state index contributed by atoms with van der Waals surface area (Å²) in [5, 5.41) is 9.37. The van der Waals surface area contributed by atoms with E-state index in [1.54, 1.807) is 0 Å². The molecule has 0 atom stereocenters. The zero-order valence-corrected chi connectivity index (χ0v) is 10.7. The number of benzene rings is 2. The predicted octanol–water partition coefficient (Wildman–Crippen LogP) is 0.839. The van der Waals surface area contributed by atoms with Crippen LogP contribution in [0.15, 0.2) is 34.1 Å². The third-order valence-corrected chi connectivity index (χ3v) is 4.17. The summed E-state index contributed by atoms with van der Waals surface area (Å²) in [6, 6.07) is 6.88. The topological polar surface area (TPSA) is 129 Å². The predicted molar refractivity (Wildman–Crippen MR) is 64.1 cm³/mol. The standard InChI is InChI=1S/C10H7O7S2/c11-10-7-4-2-1-3-6(7)8(18(12,13)14)5-9(10)19(15,16)17/h1-3,5,11H,(H,12,13,14)(H,15,16,17). The Hall–Kier alpha value is -1.68. The van der Waals surface area contributed by atoms with Crippen LogP contribution in [0.1, 0.15) is 0 Å². The van der Waals surface area contributed by atoms with Gasteiger partial charge < -0.3 is 5.11 Å². The van der Waals surface area contributed by atoms with Crippen LogP contribution in [-0.4, -0.2) is 31.0 Å². The van der Waals surface area contributed by atoms with E-state index in [1.807, 2.05) is 0 Å². The molecule has 0 unspecified atom stereocenters. The summed E-state index contributed by atoms with van der Waals surface area (Å²) < 4.78 is 62.6. The highest BCUT2D eigenvalue weighted by molar-refractivity contribution is 7.86. The third kappa shape index (κ3) is 2.40. The molecule has 0 aliphatic carbocycles. The molecule has 0 saturated carbocycles. The number of phenols is 1. The van der Waals surface area contributed by atoms with E-state index in [4.69, 9.17) is 9.11 Å². The van der Waals surface area contributed by atoms with Gasteiger partial charge in [0.1, 0.15) is 15.5 Å². The molecule has 0 fully saturated rings. The Kier molecular flexibility index (Phi) is 3.01. The van der Waals surface area contributed by atoms with E-state index in [2.05, 4.69) is 6.07 Å². The lowest BCUT2D eigenvalue weighted by Gasteiger charge is -2.09. The van der Waals surface area contributed by atoms with Crippen LogP contribution in [0.2, 0.25) is 0 Å². The van der Waals surface area contributed by atoms with Gasteiger partial charge in [-0.1, -0.05) is 18.2 Å². The van der Waals surface area contributed by atoms with Gasteiger partial charge in [0.15, 0.2) is 0 Å². The maximum absolute atomic E-state index is 11.2. The molecule has 9 heteroatoms. The molecule has 0 aromatic heterocycles. The average molecular weight is 303 g/mol. The third-order valence-electron chi connectivity index (χ3n) is 2.41. The summed E-state index contributed by atoms with van der Waals surface area (Å²) >= 11 is 0. The fraction of sp³-hybridized carbons (Fsp3) is 0. The first-order valence-electron chi connectivity index (χ1n) is 4.74. The molecule has 0 heterocycles. The van der Waals surface area contributed by atoms with Crippen molar-refractivity contribution in [3.8, 4) is 5.75 Å². The number of rotatable bonds is 2. The Balaban J connectivity index is 3.10. The maximum atomic E-state index is 11.2. The number of fused-ring (bicyclic) bond motifs is 1. The van der Waals surface area contributed by atoms with E-state index >= 15 is 0 Å².